The van der Waals surface area contributed by atoms with Crippen LogP contribution in [0.15, 0.2) is 16.9 Å². The number of ether oxygens (including phenoxy) is 1. The molecule has 2 rings (SSSR count). The molecule has 0 saturated heterocycles. The van der Waals surface area contributed by atoms with Gasteiger partial charge < -0.3 is 10.5 Å². The van der Waals surface area contributed by atoms with E-state index in [2.05, 4.69) is 25.9 Å². The number of anilines is 1. The van der Waals surface area contributed by atoms with Gasteiger partial charge in [-0.15, -0.1) is 0 Å². The Balaban J connectivity index is 2.98. The first kappa shape index (κ1) is 10.1. The highest BCUT2D eigenvalue weighted by Crippen LogP contribution is 2.35. The smallest absolute Gasteiger partial charge is 0.167 e. The van der Waals surface area contributed by atoms with Crippen molar-refractivity contribution in [3.05, 3.63) is 22.7 Å². The number of nitrogen functional groups attached to an aromatic ring is 1. The number of fused-ring (bicyclic) bond motifs is 1. The summed E-state index contributed by atoms with van der Waals surface area (Å²) in [7, 11) is 1.37. The SMILES string of the molecule is COc1c(F)cc(Br)c2ncnc(N)c12. The molecule has 78 valence electrons. The van der Waals surface area contributed by atoms with Gasteiger partial charge in [-0.2, -0.15) is 0 Å². The van der Waals surface area contributed by atoms with E-state index in [4.69, 9.17) is 10.5 Å². The number of rotatable bonds is 1. The summed E-state index contributed by atoms with van der Waals surface area (Å²) in [5.41, 5.74) is 6.18. The van der Waals surface area contributed by atoms with Crippen LogP contribution >= 0.6 is 15.9 Å². The molecular formula is C9H7BrFN3O. The van der Waals surface area contributed by atoms with Gasteiger partial charge in [-0.1, -0.05) is 0 Å². The largest absolute Gasteiger partial charge is 0.493 e. The van der Waals surface area contributed by atoms with E-state index in [0.717, 1.165) is 0 Å². The molecular weight excluding hydrogens is 265 g/mol. The predicted molar refractivity (Wildman–Crippen MR) is 58.2 cm³/mol. The van der Waals surface area contributed by atoms with E-state index in [0.29, 0.717) is 15.4 Å². The predicted octanol–water partition coefficient (Wildman–Crippen LogP) is 2.12. The molecule has 0 aliphatic heterocycles. The number of aromatic nitrogens is 2. The summed E-state index contributed by atoms with van der Waals surface area (Å²) >= 11 is 3.20. The van der Waals surface area contributed by atoms with E-state index in [1.165, 1.54) is 19.5 Å². The number of nitrogens with two attached hydrogens (primary N) is 1. The number of methoxy groups -OCH3 is 1. The molecule has 1 heterocycles. The van der Waals surface area contributed by atoms with Gasteiger partial charge in [0.2, 0.25) is 0 Å². The lowest BCUT2D eigenvalue weighted by molar-refractivity contribution is 0.391. The summed E-state index contributed by atoms with van der Waals surface area (Å²) in [6.07, 6.45) is 1.32. The Bertz CT molecular complexity index is 532. The number of hydrogen-bond donors (Lipinski definition) is 1. The molecule has 0 atom stereocenters. The van der Waals surface area contributed by atoms with Gasteiger partial charge in [0.15, 0.2) is 11.6 Å². The van der Waals surface area contributed by atoms with Crippen molar-refractivity contribution in [3.63, 3.8) is 0 Å². The number of hydrogen-bond acceptors (Lipinski definition) is 4. The summed E-state index contributed by atoms with van der Waals surface area (Å²) < 4.78 is 19.0. The molecule has 0 fully saturated rings. The first-order chi connectivity index (χ1) is 7.15. The maximum absolute atomic E-state index is 13.5. The Morgan fingerprint density at radius 3 is 2.87 bits per heavy atom. The van der Waals surface area contributed by atoms with Gasteiger partial charge in [-0.25, -0.2) is 14.4 Å². The van der Waals surface area contributed by atoms with Gasteiger partial charge in [0, 0.05) is 4.47 Å². The molecule has 0 saturated carbocycles. The molecule has 6 heteroatoms. The number of nitrogens with zero attached hydrogens (tertiary/aromatic N) is 2. The molecule has 0 aliphatic rings. The van der Waals surface area contributed by atoms with Crippen molar-refractivity contribution in [3.8, 4) is 5.75 Å². The molecule has 15 heavy (non-hydrogen) atoms. The van der Waals surface area contributed by atoms with Crippen molar-refractivity contribution in [2.45, 2.75) is 0 Å². The van der Waals surface area contributed by atoms with Crippen LogP contribution in [0.1, 0.15) is 0 Å². The third-order valence-electron chi connectivity index (χ3n) is 2.00. The minimum absolute atomic E-state index is 0.0614. The quantitative estimate of drug-likeness (QED) is 0.863. The molecule has 2 N–H and O–H groups in total. The van der Waals surface area contributed by atoms with E-state index in [-0.39, 0.29) is 11.6 Å². The third kappa shape index (κ3) is 1.50. The Labute approximate surface area is 93.4 Å². The summed E-state index contributed by atoms with van der Waals surface area (Å²) in [5, 5.41) is 0.381. The molecule has 0 bridgehead atoms. The molecule has 0 aliphatic carbocycles. The lowest BCUT2D eigenvalue weighted by Crippen LogP contribution is -1.98. The first-order valence-electron chi connectivity index (χ1n) is 4.07. The van der Waals surface area contributed by atoms with Crippen LogP contribution in [0.3, 0.4) is 0 Å². The van der Waals surface area contributed by atoms with Gasteiger partial charge in [-0.3, -0.25) is 0 Å². The lowest BCUT2D eigenvalue weighted by Gasteiger charge is -2.08. The molecule has 0 radical (unpaired) electrons. The molecule has 0 spiro atoms. The van der Waals surface area contributed by atoms with Crippen LogP contribution in [-0.2, 0) is 0 Å². The van der Waals surface area contributed by atoms with Crippen LogP contribution in [0.4, 0.5) is 10.2 Å². The second-order valence-corrected chi connectivity index (χ2v) is 3.71. The highest BCUT2D eigenvalue weighted by atomic mass is 79.9. The van der Waals surface area contributed by atoms with Gasteiger partial charge in [0.25, 0.3) is 0 Å². The lowest BCUT2D eigenvalue weighted by atomic mass is 10.2. The van der Waals surface area contributed by atoms with E-state index in [1.807, 2.05) is 0 Å². The van der Waals surface area contributed by atoms with Crippen LogP contribution in [0.25, 0.3) is 10.9 Å². The van der Waals surface area contributed by atoms with E-state index in [1.54, 1.807) is 0 Å². The van der Waals surface area contributed by atoms with E-state index in [9.17, 15) is 4.39 Å². The maximum Gasteiger partial charge on any atom is 0.167 e. The Morgan fingerprint density at radius 1 is 1.47 bits per heavy atom. The van der Waals surface area contributed by atoms with Crippen molar-refractivity contribution in [1.82, 2.24) is 9.97 Å². The first-order valence-corrected chi connectivity index (χ1v) is 4.86. The van der Waals surface area contributed by atoms with Crippen molar-refractivity contribution in [2.75, 3.05) is 12.8 Å². The van der Waals surface area contributed by atoms with Crippen molar-refractivity contribution in [2.24, 2.45) is 0 Å². The molecule has 1 aromatic heterocycles. The summed E-state index contributed by atoms with van der Waals surface area (Å²) in [6, 6.07) is 1.29. The monoisotopic (exact) mass is 271 g/mol. The van der Waals surface area contributed by atoms with E-state index >= 15 is 0 Å². The third-order valence-corrected chi connectivity index (χ3v) is 2.61. The van der Waals surface area contributed by atoms with Crippen LogP contribution < -0.4 is 10.5 Å². The molecule has 0 amide bonds. The van der Waals surface area contributed by atoms with Gasteiger partial charge in [0.05, 0.1) is 18.0 Å². The average Bonchev–Trinajstić information content (AvgIpc) is 2.20. The maximum atomic E-state index is 13.5. The zero-order valence-electron chi connectivity index (χ0n) is 7.79. The Morgan fingerprint density at radius 2 is 2.20 bits per heavy atom. The Hall–Kier alpha value is -1.43. The Kier molecular flexibility index (Phi) is 2.44. The fraction of sp³-hybridized carbons (Fsp3) is 0.111. The summed E-state index contributed by atoms with van der Waals surface area (Å²) in [5.74, 6) is -0.248. The number of halogens is 2. The summed E-state index contributed by atoms with van der Waals surface area (Å²) in [4.78, 5) is 7.80. The van der Waals surface area contributed by atoms with Crippen LogP contribution in [0, 0.1) is 5.82 Å². The highest BCUT2D eigenvalue weighted by Gasteiger charge is 2.15. The van der Waals surface area contributed by atoms with E-state index < -0.39 is 5.82 Å². The van der Waals surface area contributed by atoms with Crippen LogP contribution in [-0.4, -0.2) is 17.1 Å². The minimum atomic E-state index is -0.502. The van der Waals surface area contributed by atoms with Gasteiger partial charge in [0.1, 0.15) is 12.1 Å². The minimum Gasteiger partial charge on any atom is -0.493 e. The average molecular weight is 272 g/mol. The fourth-order valence-corrected chi connectivity index (χ4v) is 1.87. The van der Waals surface area contributed by atoms with Gasteiger partial charge >= 0.3 is 0 Å². The van der Waals surface area contributed by atoms with Crippen LogP contribution in [0.2, 0.25) is 0 Å². The molecule has 0 unspecified atom stereocenters. The van der Waals surface area contributed by atoms with Crippen molar-refractivity contribution in [1.29, 1.82) is 0 Å². The van der Waals surface area contributed by atoms with Crippen LogP contribution in [0.5, 0.6) is 5.75 Å². The standard InChI is InChI=1S/C9H7BrFN3O/c1-15-8-5(11)2-4(10)7-6(8)9(12)14-3-13-7/h2-3H,1H3,(H2,12,13,14). The van der Waals surface area contributed by atoms with Crippen molar-refractivity contribution >= 4 is 32.7 Å². The zero-order chi connectivity index (χ0) is 11.0. The van der Waals surface area contributed by atoms with Crippen molar-refractivity contribution < 1.29 is 9.13 Å². The second kappa shape index (κ2) is 3.62. The highest BCUT2D eigenvalue weighted by molar-refractivity contribution is 9.10. The normalized spacial score (nSPS) is 10.6. The molecule has 4 nitrogen and oxygen atoms in total. The molecule has 1 aromatic carbocycles. The molecule has 2 aromatic rings. The summed E-state index contributed by atoms with van der Waals surface area (Å²) in [6.45, 7) is 0. The zero-order valence-corrected chi connectivity index (χ0v) is 9.38. The topological polar surface area (TPSA) is 61.0 Å². The number of benzene rings is 1. The second-order valence-electron chi connectivity index (χ2n) is 2.86. The fourth-order valence-electron chi connectivity index (χ4n) is 1.37. The van der Waals surface area contributed by atoms with Gasteiger partial charge in [-0.05, 0) is 22.0 Å².